The number of ether oxygens (including phenoxy) is 2. The molecule has 1 N–H and O–H groups in total. The van der Waals surface area contributed by atoms with Crippen LogP contribution in [0.5, 0.6) is 5.75 Å². The molecule has 1 unspecified atom stereocenters. The minimum absolute atomic E-state index is 0.434. The van der Waals surface area contributed by atoms with E-state index in [4.69, 9.17) is 9.47 Å². The summed E-state index contributed by atoms with van der Waals surface area (Å²) in [6, 6.07) is 15.0. The summed E-state index contributed by atoms with van der Waals surface area (Å²) in [5.41, 5.74) is 3.02. The van der Waals surface area contributed by atoms with Crippen LogP contribution in [0.2, 0.25) is 0 Å². The van der Waals surface area contributed by atoms with Gasteiger partial charge in [0.05, 0.1) is 12.7 Å². The van der Waals surface area contributed by atoms with Crippen LogP contribution in [0.4, 0.5) is 5.95 Å². The van der Waals surface area contributed by atoms with Gasteiger partial charge in [0.2, 0.25) is 5.95 Å². The fourth-order valence-electron chi connectivity index (χ4n) is 3.19. The van der Waals surface area contributed by atoms with Crippen LogP contribution in [0, 0.1) is 0 Å². The Hall–Kier alpha value is -3.20. The number of fused-ring (bicyclic) bond motifs is 1. The quantitative estimate of drug-likeness (QED) is 0.588. The van der Waals surface area contributed by atoms with E-state index in [-0.39, 0.29) is 0 Å². The van der Waals surface area contributed by atoms with Gasteiger partial charge in [0.15, 0.2) is 0 Å². The first-order valence-electron chi connectivity index (χ1n) is 8.88. The summed E-state index contributed by atoms with van der Waals surface area (Å²) in [6.45, 7) is 2.26. The largest absolute Gasteiger partial charge is 0.489 e. The average Bonchev–Trinajstić information content (AvgIpc) is 3.20. The third-order valence-corrected chi connectivity index (χ3v) is 5.16. The number of aromatic nitrogens is 4. The standard InChI is InChI=1S/C20H18BrN5O3/c1-12-17(19(27)28-2)18(26-20(22-12)23-24-25-26)14-5-9-16(10-6-14)29-11-13-3-7-15(21)8-4-13/h3-10,18H,11H2,1-2H3,(H,22,23,25). The number of allylic oxidation sites excluding steroid dienone is 1. The molecule has 9 heteroatoms. The Balaban J connectivity index is 1.58. The Bertz CT molecular complexity index is 1060. The van der Waals surface area contributed by atoms with E-state index in [1.165, 1.54) is 7.11 Å². The van der Waals surface area contributed by atoms with Crippen LogP contribution in [-0.2, 0) is 16.1 Å². The zero-order valence-corrected chi connectivity index (χ0v) is 17.4. The smallest absolute Gasteiger partial charge is 0.338 e. The zero-order chi connectivity index (χ0) is 20.4. The molecule has 0 bridgehead atoms. The average molecular weight is 456 g/mol. The summed E-state index contributed by atoms with van der Waals surface area (Å²) in [7, 11) is 1.35. The predicted octanol–water partition coefficient (Wildman–Crippen LogP) is 3.48. The van der Waals surface area contributed by atoms with Gasteiger partial charge in [-0.3, -0.25) is 0 Å². The Morgan fingerprint density at radius 2 is 1.90 bits per heavy atom. The van der Waals surface area contributed by atoms with Crippen LogP contribution in [0.1, 0.15) is 24.1 Å². The molecule has 4 rings (SSSR count). The normalized spacial score (nSPS) is 15.5. The van der Waals surface area contributed by atoms with Gasteiger partial charge in [-0.15, -0.1) is 0 Å². The summed E-state index contributed by atoms with van der Waals surface area (Å²) in [5, 5.41) is 14.8. The molecule has 148 valence electrons. The minimum atomic E-state index is -0.491. The van der Waals surface area contributed by atoms with Crippen molar-refractivity contribution in [3.8, 4) is 5.75 Å². The van der Waals surface area contributed by atoms with Crippen molar-refractivity contribution in [3.05, 3.63) is 75.4 Å². The lowest BCUT2D eigenvalue weighted by molar-refractivity contribution is -0.136. The zero-order valence-electron chi connectivity index (χ0n) is 15.8. The third-order valence-electron chi connectivity index (χ3n) is 4.63. The maximum absolute atomic E-state index is 12.4. The Labute approximate surface area is 175 Å². The third kappa shape index (κ3) is 3.86. The SMILES string of the molecule is COC(=O)C1=C(C)Nc2nnnn2C1c1ccc(OCc2ccc(Br)cc2)cc1. The molecule has 3 aromatic rings. The number of halogens is 1. The molecule has 0 saturated carbocycles. The molecule has 2 heterocycles. The van der Waals surface area contributed by atoms with Gasteiger partial charge in [-0.25, -0.2) is 4.79 Å². The lowest BCUT2D eigenvalue weighted by Crippen LogP contribution is -2.29. The number of esters is 1. The van der Waals surface area contributed by atoms with Gasteiger partial charge < -0.3 is 14.8 Å². The van der Waals surface area contributed by atoms with Crippen LogP contribution in [-0.4, -0.2) is 33.3 Å². The van der Waals surface area contributed by atoms with E-state index in [9.17, 15) is 4.79 Å². The molecule has 0 amide bonds. The van der Waals surface area contributed by atoms with Crippen molar-refractivity contribution in [2.24, 2.45) is 0 Å². The molecular formula is C20H18BrN5O3. The predicted molar refractivity (Wildman–Crippen MR) is 109 cm³/mol. The van der Waals surface area contributed by atoms with Gasteiger partial charge in [-0.2, -0.15) is 4.68 Å². The van der Waals surface area contributed by atoms with Crippen molar-refractivity contribution < 1.29 is 14.3 Å². The number of carbonyl (C=O) groups excluding carboxylic acids is 1. The molecule has 1 aliphatic heterocycles. The highest BCUT2D eigenvalue weighted by Gasteiger charge is 2.34. The minimum Gasteiger partial charge on any atom is -0.489 e. The van der Waals surface area contributed by atoms with Gasteiger partial charge in [-0.05, 0) is 52.7 Å². The molecule has 0 fully saturated rings. The molecular weight excluding hydrogens is 438 g/mol. The van der Waals surface area contributed by atoms with E-state index in [1.807, 2.05) is 48.5 Å². The lowest BCUT2D eigenvalue weighted by atomic mass is 9.96. The number of anilines is 1. The van der Waals surface area contributed by atoms with Crippen molar-refractivity contribution in [1.82, 2.24) is 20.2 Å². The van der Waals surface area contributed by atoms with E-state index < -0.39 is 12.0 Å². The Morgan fingerprint density at radius 3 is 2.59 bits per heavy atom. The number of benzene rings is 2. The van der Waals surface area contributed by atoms with E-state index >= 15 is 0 Å². The van der Waals surface area contributed by atoms with Gasteiger partial charge in [0.25, 0.3) is 0 Å². The van der Waals surface area contributed by atoms with Gasteiger partial charge in [0, 0.05) is 10.2 Å². The first kappa shape index (κ1) is 19.1. The highest BCUT2D eigenvalue weighted by Crippen LogP contribution is 2.35. The number of tetrazole rings is 1. The lowest BCUT2D eigenvalue weighted by Gasteiger charge is -2.27. The molecule has 0 spiro atoms. The summed E-state index contributed by atoms with van der Waals surface area (Å²) < 4.78 is 13.4. The highest BCUT2D eigenvalue weighted by molar-refractivity contribution is 9.10. The molecule has 29 heavy (non-hydrogen) atoms. The van der Waals surface area contributed by atoms with E-state index in [0.29, 0.717) is 23.8 Å². The number of carbonyl (C=O) groups is 1. The van der Waals surface area contributed by atoms with Crippen LogP contribution >= 0.6 is 15.9 Å². The topological polar surface area (TPSA) is 91.2 Å². The number of hydrogen-bond acceptors (Lipinski definition) is 7. The van der Waals surface area contributed by atoms with Crippen LogP contribution in [0.15, 0.2) is 64.3 Å². The molecule has 1 aromatic heterocycles. The highest BCUT2D eigenvalue weighted by atomic mass is 79.9. The number of nitrogens with one attached hydrogen (secondary N) is 1. The molecule has 1 aliphatic rings. The fraction of sp³-hybridized carbons (Fsp3) is 0.200. The second-order valence-electron chi connectivity index (χ2n) is 6.49. The van der Waals surface area contributed by atoms with Crippen molar-refractivity contribution in [1.29, 1.82) is 0 Å². The van der Waals surface area contributed by atoms with Gasteiger partial charge >= 0.3 is 5.97 Å². The maximum Gasteiger partial charge on any atom is 0.338 e. The number of hydrogen-bond donors (Lipinski definition) is 1. The van der Waals surface area contributed by atoms with Crippen molar-refractivity contribution in [3.63, 3.8) is 0 Å². The summed E-state index contributed by atoms with van der Waals surface area (Å²) in [5.74, 6) is 0.760. The molecule has 0 saturated heterocycles. The molecule has 1 atom stereocenters. The Morgan fingerprint density at radius 1 is 1.17 bits per heavy atom. The number of rotatable bonds is 5. The molecule has 0 aliphatic carbocycles. The summed E-state index contributed by atoms with van der Waals surface area (Å²) in [6.07, 6.45) is 0. The maximum atomic E-state index is 12.4. The monoisotopic (exact) mass is 455 g/mol. The van der Waals surface area contributed by atoms with Gasteiger partial charge in [0.1, 0.15) is 18.4 Å². The second kappa shape index (κ2) is 8.04. The number of nitrogens with zero attached hydrogens (tertiary/aromatic N) is 4. The fourth-order valence-corrected chi connectivity index (χ4v) is 3.45. The van der Waals surface area contributed by atoms with Crippen molar-refractivity contribution >= 4 is 27.8 Å². The first-order valence-corrected chi connectivity index (χ1v) is 9.67. The van der Waals surface area contributed by atoms with Crippen molar-refractivity contribution in [2.75, 3.05) is 12.4 Å². The first-order chi connectivity index (χ1) is 14.1. The number of methoxy groups -OCH3 is 1. The molecule has 2 aromatic carbocycles. The van der Waals surface area contributed by atoms with E-state index in [2.05, 4.69) is 36.8 Å². The summed E-state index contributed by atoms with van der Waals surface area (Å²) >= 11 is 3.42. The van der Waals surface area contributed by atoms with Gasteiger partial charge in [-0.1, -0.05) is 45.3 Å². The van der Waals surface area contributed by atoms with Crippen molar-refractivity contribution in [2.45, 2.75) is 19.6 Å². The summed E-state index contributed by atoms with van der Waals surface area (Å²) in [4.78, 5) is 12.4. The van der Waals surface area contributed by atoms with E-state index in [0.717, 1.165) is 21.3 Å². The van der Waals surface area contributed by atoms with E-state index in [1.54, 1.807) is 11.6 Å². The second-order valence-corrected chi connectivity index (χ2v) is 7.40. The van der Waals surface area contributed by atoms with Crippen LogP contribution < -0.4 is 10.1 Å². The van der Waals surface area contributed by atoms with Crippen LogP contribution in [0.3, 0.4) is 0 Å². The Kier molecular flexibility index (Phi) is 5.30. The van der Waals surface area contributed by atoms with Crippen LogP contribution in [0.25, 0.3) is 0 Å². The molecule has 8 nitrogen and oxygen atoms in total. The molecule has 0 radical (unpaired) electrons.